The molecule has 0 spiro atoms. The molecule has 0 fully saturated rings. The SMILES string of the molecule is CS(=O)c1cc(N)cc(Br)c1. The van der Waals surface area contributed by atoms with E-state index in [9.17, 15) is 4.21 Å². The molecule has 0 bridgehead atoms. The molecule has 1 unspecified atom stereocenters. The van der Waals surface area contributed by atoms with Crippen molar-refractivity contribution in [2.75, 3.05) is 12.0 Å². The van der Waals surface area contributed by atoms with Crippen molar-refractivity contribution in [3.8, 4) is 0 Å². The van der Waals surface area contributed by atoms with E-state index >= 15 is 0 Å². The Morgan fingerprint density at radius 3 is 2.55 bits per heavy atom. The van der Waals surface area contributed by atoms with Crippen LogP contribution in [0.1, 0.15) is 0 Å². The van der Waals surface area contributed by atoms with Crippen LogP contribution < -0.4 is 5.73 Å². The average Bonchev–Trinajstić information content (AvgIpc) is 1.85. The van der Waals surface area contributed by atoms with Gasteiger partial charge in [0.25, 0.3) is 0 Å². The molecule has 11 heavy (non-hydrogen) atoms. The highest BCUT2D eigenvalue weighted by molar-refractivity contribution is 9.10. The lowest BCUT2D eigenvalue weighted by molar-refractivity contribution is 0.687. The van der Waals surface area contributed by atoms with Crippen LogP contribution >= 0.6 is 15.9 Å². The minimum absolute atomic E-state index is 0.629. The van der Waals surface area contributed by atoms with E-state index in [1.54, 1.807) is 24.5 Å². The molecule has 2 nitrogen and oxygen atoms in total. The summed E-state index contributed by atoms with van der Waals surface area (Å²) in [4.78, 5) is 0.747. The molecule has 0 heterocycles. The summed E-state index contributed by atoms with van der Waals surface area (Å²) in [5.74, 6) is 0. The molecular weight excluding hydrogens is 226 g/mol. The van der Waals surface area contributed by atoms with Gasteiger partial charge in [-0.3, -0.25) is 4.21 Å². The maximum Gasteiger partial charge on any atom is 0.0499 e. The van der Waals surface area contributed by atoms with Gasteiger partial charge in [0.15, 0.2) is 0 Å². The lowest BCUT2D eigenvalue weighted by Gasteiger charge is -1.99. The van der Waals surface area contributed by atoms with Crippen molar-refractivity contribution in [3.63, 3.8) is 0 Å². The summed E-state index contributed by atoms with van der Waals surface area (Å²) < 4.78 is 11.8. The molecule has 0 aliphatic rings. The van der Waals surface area contributed by atoms with E-state index in [0.717, 1.165) is 9.37 Å². The molecule has 1 atom stereocenters. The second kappa shape index (κ2) is 3.36. The van der Waals surface area contributed by atoms with Gasteiger partial charge in [0, 0.05) is 32.1 Å². The van der Waals surface area contributed by atoms with Gasteiger partial charge in [0.2, 0.25) is 0 Å². The summed E-state index contributed by atoms with van der Waals surface area (Å²) in [6, 6.07) is 5.28. The fourth-order valence-corrected chi connectivity index (χ4v) is 2.01. The van der Waals surface area contributed by atoms with Crippen molar-refractivity contribution < 1.29 is 4.21 Å². The fraction of sp³-hybridized carbons (Fsp3) is 0.143. The summed E-state index contributed by atoms with van der Waals surface area (Å²) >= 11 is 3.27. The Bertz CT molecular complexity index is 280. The molecule has 1 aromatic carbocycles. The number of rotatable bonds is 1. The van der Waals surface area contributed by atoms with E-state index < -0.39 is 10.8 Å². The van der Waals surface area contributed by atoms with Gasteiger partial charge in [-0.15, -0.1) is 0 Å². The van der Waals surface area contributed by atoms with Crippen molar-refractivity contribution in [1.29, 1.82) is 0 Å². The average molecular weight is 234 g/mol. The summed E-state index contributed by atoms with van der Waals surface area (Å²) in [6.07, 6.45) is 1.63. The number of halogens is 1. The quantitative estimate of drug-likeness (QED) is 0.752. The lowest BCUT2D eigenvalue weighted by Crippen LogP contribution is -1.91. The van der Waals surface area contributed by atoms with Crippen LogP contribution in [0.5, 0.6) is 0 Å². The van der Waals surface area contributed by atoms with Crippen molar-refractivity contribution in [2.45, 2.75) is 4.90 Å². The first-order valence-electron chi connectivity index (χ1n) is 2.99. The molecule has 0 saturated carbocycles. The summed E-state index contributed by atoms with van der Waals surface area (Å²) in [6.45, 7) is 0. The van der Waals surface area contributed by atoms with Gasteiger partial charge >= 0.3 is 0 Å². The maximum absolute atomic E-state index is 11.0. The molecule has 60 valence electrons. The Morgan fingerprint density at radius 2 is 2.09 bits per heavy atom. The van der Waals surface area contributed by atoms with Gasteiger partial charge in [0.1, 0.15) is 0 Å². The number of hydrogen-bond donors (Lipinski definition) is 1. The zero-order valence-electron chi connectivity index (χ0n) is 6.00. The van der Waals surface area contributed by atoms with E-state index in [2.05, 4.69) is 15.9 Å². The zero-order chi connectivity index (χ0) is 8.43. The van der Waals surface area contributed by atoms with Gasteiger partial charge in [0.05, 0.1) is 0 Å². The molecule has 0 aliphatic heterocycles. The molecule has 0 aromatic heterocycles. The number of nitrogen functional groups attached to an aromatic ring is 1. The molecule has 1 rings (SSSR count). The standard InChI is InChI=1S/C7H8BrNOS/c1-11(10)7-3-5(8)2-6(9)4-7/h2-4H,9H2,1H3. The molecule has 0 saturated heterocycles. The highest BCUT2D eigenvalue weighted by Crippen LogP contribution is 2.18. The van der Waals surface area contributed by atoms with Crippen molar-refractivity contribution >= 4 is 32.4 Å². The fourth-order valence-electron chi connectivity index (χ4n) is 0.750. The smallest absolute Gasteiger partial charge is 0.0499 e. The number of nitrogens with two attached hydrogens (primary N) is 1. The van der Waals surface area contributed by atoms with E-state index in [1.165, 1.54) is 0 Å². The van der Waals surface area contributed by atoms with Crippen LogP contribution in [0.15, 0.2) is 27.6 Å². The first kappa shape index (κ1) is 8.74. The number of benzene rings is 1. The molecular formula is C7H8BrNOS. The maximum atomic E-state index is 11.0. The van der Waals surface area contributed by atoms with Crippen molar-refractivity contribution in [2.24, 2.45) is 0 Å². The monoisotopic (exact) mass is 233 g/mol. The predicted octanol–water partition coefficient (Wildman–Crippen LogP) is 1.77. The Hall–Kier alpha value is -0.350. The topological polar surface area (TPSA) is 43.1 Å². The van der Waals surface area contributed by atoms with Crippen LogP contribution in [0.2, 0.25) is 0 Å². The minimum Gasteiger partial charge on any atom is -0.399 e. The summed E-state index contributed by atoms with van der Waals surface area (Å²) in [5, 5.41) is 0. The molecule has 0 radical (unpaired) electrons. The van der Waals surface area contributed by atoms with Gasteiger partial charge in [-0.05, 0) is 18.2 Å². The highest BCUT2D eigenvalue weighted by Gasteiger charge is 1.99. The molecule has 4 heteroatoms. The molecule has 0 aliphatic carbocycles. The highest BCUT2D eigenvalue weighted by atomic mass is 79.9. The molecule has 1 aromatic rings. The van der Waals surface area contributed by atoms with Crippen LogP contribution in [0.25, 0.3) is 0 Å². The number of hydrogen-bond acceptors (Lipinski definition) is 2. The normalized spacial score (nSPS) is 12.9. The summed E-state index contributed by atoms with van der Waals surface area (Å²) in [5.41, 5.74) is 6.16. The Balaban J connectivity index is 3.19. The van der Waals surface area contributed by atoms with Gasteiger partial charge < -0.3 is 5.73 Å². The van der Waals surface area contributed by atoms with Crippen LogP contribution in [-0.4, -0.2) is 10.5 Å². The van der Waals surface area contributed by atoms with Gasteiger partial charge in [-0.2, -0.15) is 0 Å². The first-order valence-corrected chi connectivity index (χ1v) is 5.34. The third kappa shape index (κ3) is 2.31. The molecule has 2 N–H and O–H groups in total. The molecule has 0 amide bonds. The first-order chi connectivity index (χ1) is 5.09. The predicted molar refractivity (Wildman–Crippen MR) is 50.9 cm³/mol. The van der Waals surface area contributed by atoms with E-state index in [1.807, 2.05) is 0 Å². The van der Waals surface area contributed by atoms with Gasteiger partial charge in [-0.25, -0.2) is 0 Å². The van der Waals surface area contributed by atoms with Crippen LogP contribution in [-0.2, 0) is 10.8 Å². The van der Waals surface area contributed by atoms with Gasteiger partial charge in [-0.1, -0.05) is 15.9 Å². The number of anilines is 1. The Morgan fingerprint density at radius 1 is 1.45 bits per heavy atom. The van der Waals surface area contributed by atoms with Crippen molar-refractivity contribution in [1.82, 2.24) is 0 Å². The third-order valence-electron chi connectivity index (χ3n) is 1.23. The second-order valence-electron chi connectivity index (χ2n) is 2.17. The van der Waals surface area contributed by atoms with Crippen LogP contribution in [0.3, 0.4) is 0 Å². The second-order valence-corrected chi connectivity index (χ2v) is 4.47. The Labute approximate surface area is 76.4 Å². The van der Waals surface area contributed by atoms with Crippen LogP contribution in [0.4, 0.5) is 5.69 Å². The summed E-state index contributed by atoms with van der Waals surface area (Å²) in [7, 11) is -0.960. The lowest BCUT2D eigenvalue weighted by atomic mass is 10.3. The van der Waals surface area contributed by atoms with E-state index in [4.69, 9.17) is 5.73 Å². The minimum atomic E-state index is -0.960. The zero-order valence-corrected chi connectivity index (χ0v) is 8.41. The van der Waals surface area contributed by atoms with E-state index in [-0.39, 0.29) is 0 Å². The van der Waals surface area contributed by atoms with E-state index in [0.29, 0.717) is 5.69 Å². The Kier molecular flexibility index (Phi) is 2.67. The third-order valence-corrected chi connectivity index (χ3v) is 2.58. The van der Waals surface area contributed by atoms with Crippen molar-refractivity contribution in [3.05, 3.63) is 22.7 Å². The largest absolute Gasteiger partial charge is 0.399 e. The van der Waals surface area contributed by atoms with Crippen LogP contribution in [0, 0.1) is 0 Å².